The van der Waals surface area contributed by atoms with Gasteiger partial charge in [0.1, 0.15) is 5.15 Å². The van der Waals surface area contributed by atoms with Crippen LogP contribution in [0, 0.1) is 6.92 Å². The molecule has 0 aliphatic rings. The second-order valence-electron chi connectivity index (χ2n) is 3.97. The first-order chi connectivity index (χ1) is 8.40. The number of carbonyl (C=O) groups excluding carboxylic acids is 1. The fourth-order valence-electron chi connectivity index (χ4n) is 1.72. The van der Waals surface area contributed by atoms with E-state index in [1.165, 1.54) is 4.68 Å². The van der Waals surface area contributed by atoms with Crippen LogP contribution in [0.2, 0.25) is 5.15 Å². The zero-order valence-corrected chi connectivity index (χ0v) is 10.8. The van der Waals surface area contributed by atoms with Gasteiger partial charge in [-0.1, -0.05) is 11.6 Å². The zero-order valence-electron chi connectivity index (χ0n) is 10.0. The molecular formula is C10H13ClN6O. The summed E-state index contributed by atoms with van der Waals surface area (Å²) in [5, 5.41) is 8.74. The van der Waals surface area contributed by atoms with Crippen molar-refractivity contribution in [3.63, 3.8) is 0 Å². The number of amides is 1. The Morgan fingerprint density at radius 1 is 1.50 bits per heavy atom. The maximum absolute atomic E-state index is 11.0. The van der Waals surface area contributed by atoms with Gasteiger partial charge in [-0.2, -0.15) is 10.2 Å². The standard InChI is InChI=1S/C10H13ClN6O/c1-5-6(9(11)16(2)14-5)3-17-4-7(12)8(15-17)10(13)18/h4H,3,12H2,1-2H3,(H2,13,18). The lowest BCUT2D eigenvalue weighted by Crippen LogP contribution is -2.14. The van der Waals surface area contributed by atoms with E-state index in [-0.39, 0.29) is 11.4 Å². The van der Waals surface area contributed by atoms with Gasteiger partial charge in [0.15, 0.2) is 5.69 Å². The predicted molar refractivity (Wildman–Crippen MR) is 67.2 cm³/mol. The summed E-state index contributed by atoms with van der Waals surface area (Å²) < 4.78 is 3.10. The number of anilines is 1. The van der Waals surface area contributed by atoms with Crippen molar-refractivity contribution >= 4 is 23.2 Å². The Balaban J connectivity index is 2.34. The molecule has 4 N–H and O–H groups in total. The fourth-order valence-corrected chi connectivity index (χ4v) is 1.96. The Labute approximate surface area is 108 Å². The van der Waals surface area contributed by atoms with Crippen molar-refractivity contribution < 1.29 is 4.79 Å². The molecule has 2 heterocycles. The summed E-state index contributed by atoms with van der Waals surface area (Å²) in [6.07, 6.45) is 1.54. The van der Waals surface area contributed by atoms with E-state index < -0.39 is 5.91 Å². The lowest BCUT2D eigenvalue weighted by atomic mass is 10.2. The molecule has 2 rings (SSSR count). The van der Waals surface area contributed by atoms with Crippen molar-refractivity contribution in [2.75, 3.05) is 5.73 Å². The Hall–Kier alpha value is -2.02. The van der Waals surface area contributed by atoms with Crippen LogP contribution in [0.25, 0.3) is 0 Å². The van der Waals surface area contributed by atoms with E-state index in [0.717, 1.165) is 11.3 Å². The summed E-state index contributed by atoms with van der Waals surface area (Å²) in [5.74, 6) is -0.653. The highest BCUT2D eigenvalue weighted by Gasteiger charge is 2.15. The van der Waals surface area contributed by atoms with Gasteiger partial charge >= 0.3 is 0 Å². The molecule has 2 aromatic rings. The maximum Gasteiger partial charge on any atom is 0.271 e. The summed E-state index contributed by atoms with van der Waals surface area (Å²) in [7, 11) is 1.76. The van der Waals surface area contributed by atoms with Crippen molar-refractivity contribution in [1.29, 1.82) is 0 Å². The Morgan fingerprint density at radius 3 is 2.61 bits per heavy atom. The molecule has 0 aromatic carbocycles. The van der Waals surface area contributed by atoms with Crippen molar-refractivity contribution in [1.82, 2.24) is 19.6 Å². The number of primary amides is 1. The maximum atomic E-state index is 11.0. The first kappa shape index (κ1) is 12.4. The number of hydrogen-bond acceptors (Lipinski definition) is 4. The van der Waals surface area contributed by atoms with Crippen molar-refractivity contribution in [2.45, 2.75) is 13.5 Å². The number of nitrogens with zero attached hydrogens (tertiary/aromatic N) is 4. The molecule has 2 aromatic heterocycles. The quantitative estimate of drug-likeness (QED) is 0.835. The molecule has 0 atom stereocenters. The van der Waals surface area contributed by atoms with Gasteiger partial charge in [-0.05, 0) is 6.92 Å². The minimum Gasteiger partial charge on any atom is -0.396 e. The van der Waals surface area contributed by atoms with Crippen LogP contribution in [0.3, 0.4) is 0 Å². The summed E-state index contributed by atoms with van der Waals surface area (Å²) in [6.45, 7) is 2.24. The molecule has 0 unspecified atom stereocenters. The number of aryl methyl sites for hydroxylation is 2. The fraction of sp³-hybridized carbons (Fsp3) is 0.300. The Morgan fingerprint density at radius 2 is 2.17 bits per heavy atom. The first-order valence-corrected chi connectivity index (χ1v) is 5.58. The molecule has 0 bridgehead atoms. The minimum absolute atomic E-state index is 0.0627. The molecule has 7 nitrogen and oxygen atoms in total. The monoisotopic (exact) mass is 268 g/mol. The zero-order chi connectivity index (χ0) is 13.4. The summed E-state index contributed by atoms with van der Waals surface area (Å²) in [6, 6.07) is 0. The number of hydrogen-bond donors (Lipinski definition) is 2. The molecule has 0 radical (unpaired) electrons. The Bertz CT molecular complexity index is 614. The first-order valence-electron chi connectivity index (χ1n) is 5.21. The molecule has 0 fully saturated rings. The molecule has 0 saturated heterocycles. The van der Waals surface area contributed by atoms with Crippen molar-refractivity contribution in [2.24, 2.45) is 12.8 Å². The van der Waals surface area contributed by atoms with Gasteiger partial charge in [-0.25, -0.2) is 0 Å². The average molecular weight is 269 g/mol. The lowest BCUT2D eigenvalue weighted by Gasteiger charge is -2.00. The highest BCUT2D eigenvalue weighted by Crippen LogP contribution is 2.20. The predicted octanol–water partition coefficient (Wildman–Crippen LogP) is 0.308. The van der Waals surface area contributed by atoms with Crippen LogP contribution < -0.4 is 11.5 Å². The van der Waals surface area contributed by atoms with E-state index in [9.17, 15) is 4.79 Å². The third-order valence-corrected chi connectivity index (χ3v) is 3.09. The van der Waals surface area contributed by atoms with Crippen LogP contribution >= 0.6 is 11.6 Å². The van der Waals surface area contributed by atoms with E-state index in [1.807, 2.05) is 6.92 Å². The summed E-state index contributed by atoms with van der Waals surface area (Å²) in [4.78, 5) is 11.0. The molecule has 0 spiro atoms. The van der Waals surface area contributed by atoms with Gasteiger partial charge in [-0.3, -0.25) is 14.2 Å². The van der Waals surface area contributed by atoms with Gasteiger partial charge < -0.3 is 11.5 Å². The third-order valence-electron chi connectivity index (χ3n) is 2.61. The van der Waals surface area contributed by atoms with Gasteiger partial charge in [0.2, 0.25) is 0 Å². The normalized spacial score (nSPS) is 10.8. The lowest BCUT2D eigenvalue weighted by molar-refractivity contribution is 0.0995. The number of nitrogens with two attached hydrogens (primary N) is 2. The van der Waals surface area contributed by atoms with Gasteiger partial charge in [0.05, 0.1) is 17.9 Å². The Kier molecular flexibility index (Phi) is 3.00. The molecule has 18 heavy (non-hydrogen) atoms. The number of nitrogen functional groups attached to an aromatic ring is 1. The van der Waals surface area contributed by atoms with Crippen LogP contribution in [0.4, 0.5) is 5.69 Å². The van der Waals surface area contributed by atoms with Crippen LogP contribution in [0.1, 0.15) is 21.7 Å². The number of rotatable bonds is 3. The SMILES string of the molecule is Cc1nn(C)c(Cl)c1Cn1cc(N)c(C(N)=O)n1. The molecule has 96 valence electrons. The van der Waals surface area contributed by atoms with Crippen LogP contribution in [-0.4, -0.2) is 25.5 Å². The van der Waals surface area contributed by atoms with E-state index in [1.54, 1.807) is 17.9 Å². The van der Waals surface area contributed by atoms with Gasteiger partial charge in [-0.15, -0.1) is 0 Å². The van der Waals surface area contributed by atoms with E-state index in [4.69, 9.17) is 23.1 Å². The van der Waals surface area contributed by atoms with E-state index in [2.05, 4.69) is 10.2 Å². The second-order valence-corrected chi connectivity index (χ2v) is 4.33. The average Bonchev–Trinajstić information content (AvgIpc) is 2.75. The highest BCUT2D eigenvalue weighted by molar-refractivity contribution is 6.30. The second kappa shape index (κ2) is 4.34. The van der Waals surface area contributed by atoms with Crippen molar-refractivity contribution in [3.05, 3.63) is 28.3 Å². The van der Waals surface area contributed by atoms with Gasteiger partial charge in [0, 0.05) is 18.8 Å². The third kappa shape index (κ3) is 2.04. The molecule has 1 amide bonds. The summed E-state index contributed by atoms with van der Waals surface area (Å²) >= 11 is 6.11. The molecule has 0 aliphatic heterocycles. The van der Waals surface area contributed by atoms with Gasteiger partial charge in [0.25, 0.3) is 5.91 Å². The topological polar surface area (TPSA) is 105 Å². The molecular weight excluding hydrogens is 256 g/mol. The van der Waals surface area contributed by atoms with Crippen LogP contribution in [0.15, 0.2) is 6.20 Å². The summed E-state index contributed by atoms with van der Waals surface area (Å²) in [5.41, 5.74) is 12.7. The number of carbonyl (C=O) groups is 1. The largest absolute Gasteiger partial charge is 0.396 e. The van der Waals surface area contributed by atoms with E-state index >= 15 is 0 Å². The molecule has 0 saturated carbocycles. The van der Waals surface area contributed by atoms with E-state index in [0.29, 0.717) is 11.7 Å². The van der Waals surface area contributed by atoms with Crippen LogP contribution in [0.5, 0.6) is 0 Å². The number of aromatic nitrogens is 4. The number of halogens is 1. The van der Waals surface area contributed by atoms with Crippen LogP contribution in [-0.2, 0) is 13.6 Å². The molecule has 0 aliphatic carbocycles. The smallest absolute Gasteiger partial charge is 0.271 e. The molecule has 8 heteroatoms. The highest BCUT2D eigenvalue weighted by atomic mass is 35.5. The van der Waals surface area contributed by atoms with Crippen molar-refractivity contribution in [3.8, 4) is 0 Å². The minimum atomic E-state index is -0.653.